The van der Waals surface area contributed by atoms with E-state index in [9.17, 15) is 4.79 Å². The molecule has 1 amide bonds. The second-order valence-electron chi connectivity index (χ2n) is 7.80. The maximum absolute atomic E-state index is 12.3. The Kier molecular flexibility index (Phi) is 5.87. The van der Waals surface area contributed by atoms with Gasteiger partial charge in [-0.25, -0.2) is 0 Å². The molecule has 0 N–H and O–H groups in total. The van der Waals surface area contributed by atoms with E-state index in [1.54, 1.807) is 0 Å². The summed E-state index contributed by atoms with van der Waals surface area (Å²) in [6.45, 7) is 6.03. The third kappa shape index (κ3) is 4.78. The minimum absolute atomic E-state index is 0.292. The van der Waals surface area contributed by atoms with Gasteiger partial charge < -0.3 is 4.90 Å². The molecule has 27 heavy (non-hydrogen) atoms. The Morgan fingerprint density at radius 3 is 2.59 bits per heavy atom. The summed E-state index contributed by atoms with van der Waals surface area (Å²) < 4.78 is 2.16. The molecule has 144 valence electrons. The molecule has 0 bridgehead atoms. The number of likely N-dealkylation sites (tertiary alicyclic amines) is 1. The molecule has 2 aliphatic rings. The Bertz CT molecular complexity index is 749. The van der Waals surface area contributed by atoms with E-state index in [1.807, 2.05) is 4.90 Å². The number of hydrogen-bond acceptors (Lipinski definition) is 3. The zero-order valence-corrected chi connectivity index (χ0v) is 16.1. The second-order valence-corrected chi connectivity index (χ2v) is 7.80. The van der Waals surface area contributed by atoms with Gasteiger partial charge >= 0.3 is 0 Å². The number of carbonyl (C=O) groups is 1. The number of aryl methyl sites for hydroxylation is 2. The number of benzene rings is 1. The molecule has 1 saturated heterocycles. The van der Waals surface area contributed by atoms with Crippen LogP contribution in [0.1, 0.15) is 42.6 Å². The summed E-state index contributed by atoms with van der Waals surface area (Å²) in [6, 6.07) is 12.9. The van der Waals surface area contributed by atoms with Crippen molar-refractivity contribution in [2.24, 2.45) is 0 Å². The summed E-state index contributed by atoms with van der Waals surface area (Å²) in [5, 5.41) is 4.78. The lowest BCUT2D eigenvalue weighted by atomic mass is 10.1. The van der Waals surface area contributed by atoms with Crippen molar-refractivity contribution >= 4 is 5.91 Å². The van der Waals surface area contributed by atoms with Crippen LogP contribution in [0.15, 0.2) is 36.4 Å². The maximum atomic E-state index is 12.3. The highest BCUT2D eigenvalue weighted by atomic mass is 16.2. The van der Waals surface area contributed by atoms with Gasteiger partial charge in [-0.1, -0.05) is 30.3 Å². The molecule has 0 aliphatic carbocycles. The van der Waals surface area contributed by atoms with Crippen molar-refractivity contribution in [2.45, 2.75) is 51.6 Å². The largest absolute Gasteiger partial charge is 0.343 e. The quantitative estimate of drug-likeness (QED) is 0.789. The predicted molar refractivity (Wildman–Crippen MR) is 106 cm³/mol. The van der Waals surface area contributed by atoms with E-state index in [0.717, 1.165) is 77.1 Å². The molecule has 1 fully saturated rings. The van der Waals surface area contributed by atoms with Gasteiger partial charge in [-0.3, -0.25) is 14.4 Å². The number of hydrogen-bond donors (Lipinski definition) is 0. The summed E-state index contributed by atoms with van der Waals surface area (Å²) in [5.41, 5.74) is 3.77. The fourth-order valence-electron chi connectivity index (χ4n) is 4.19. The highest BCUT2D eigenvalue weighted by Crippen LogP contribution is 2.16. The molecule has 0 radical (unpaired) electrons. The zero-order chi connectivity index (χ0) is 18.5. The van der Waals surface area contributed by atoms with Crippen molar-refractivity contribution in [1.29, 1.82) is 0 Å². The van der Waals surface area contributed by atoms with Crippen LogP contribution in [0.4, 0.5) is 0 Å². The zero-order valence-electron chi connectivity index (χ0n) is 16.1. The third-order valence-electron chi connectivity index (χ3n) is 5.76. The summed E-state index contributed by atoms with van der Waals surface area (Å²) in [4.78, 5) is 16.8. The smallest absolute Gasteiger partial charge is 0.222 e. The fourth-order valence-corrected chi connectivity index (χ4v) is 4.19. The van der Waals surface area contributed by atoms with Crippen molar-refractivity contribution in [3.8, 4) is 0 Å². The molecule has 3 heterocycles. The van der Waals surface area contributed by atoms with Gasteiger partial charge in [-0.2, -0.15) is 5.10 Å². The van der Waals surface area contributed by atoms with Gasteiger partial charge in [0.1, 0.15) is 0 Å². The number of rotatable bonds is 6. The molecular weight excluding hydrogens is 336 g/mol. The summed E-state index contributed by atoms with van der Waals surface area (Å²) in [6.07, 6.45) is 5.89. The Morgan fingerprint density at radius 2 is 1.78 bits per heavy atom. The normalized spacial score (nSPS) is 17.7. The molecule has 0 spiro atoms. The maximum Gasteiger partial charge on any atom is 0.222 e. The van der Waals surface area contributed by atoms with Crippen LogP contribution in [0.3, 0.4) is 0 Å². The lowest BCUT2D eigenvalue weighted by Gasteiger charge is -2.19. The first kappa shape index (κ1) is 18.2. The molecule has 2 aromatic rings. The lowest BCUT2D eigenvalue weighted by Crippen LogP contribution is -2.27. The van der Waals surface area contributed by atoms with Crippen LogP contribution in [-0.4, -0.2) is 51.7 Å². The van der Waals surface area contributed by atoms with Gasteiger partial charge in [0.15, 0.2) is 0 Å². The molecule has 5 nitrogen and oxygen atoms in total. The molecule has 4 rings (SSSR count). The standard InChI is InChI=1S/C22H30N4O/c27-22(25-13-4-5-14-25)10-9-20-17-21-18-24(12-6-15-26(21)23-20)16-11-19-7-2-1-3-8-19/h1-3,7-8,17H,4-6,9-16,18H2. The highest BCUT2D eigenvalue weighted by Gasteiger charge is 2.20. The molecular formula is C22H30N4O. The van der Waals surface area contributed by atoms with E-state index in [0.29, 0.717) is 12.3 Å². The van der Waals surface area contributed by atoms with E-state index in [4.69, 9.17) is 5.10 Å². The third-order valence-corrected chi connectivity index (χ3v) is 5.76. The molecule has 5 heteroatoms. The van der Waals surface area contributed by atoms with Crippen molar-refractivity contribution < 1.29 is 4.79 Å². The second kappa shape index (κ2) is 8.70. The topological polar surface area (TPSA) is 41.4 Å². The van der Waals surface area contributed by atoms with Gasteiger partial charge in [-0.15, -0.1) is 0 Å². The van der Waals surface area contributed by atoms with Crippen molar-refractivity contribution in [2.75, 3.05) is 26.2 Å². The first-order chi connectivity index (χ1) is 13.3. The Labute approximate surface area is 162 Å². The van der Waals surface area contributed by atoms with Crippen molar-refractivity contribution in [1.82, 2.24) is 19.6 Å². The number of fused-ring (bicyclic) bond motifs is 1. The van der Waals surface area contributed by atoms with Crippen LogP contribution >= 0.6 is 0 Å². The van der Waals surface area contributed by atoms with Crippen LogP contribution in [0.5, 0.6) is 0 Å². The number of nitrogens with zero attached hydrogens (tertiary/aromatic N) is 4. The van der Waals surface area contributed by atoms with Gasteiger partial charge in [0.25, 0.3) is 0 Å². The monoisotopic (exact) mass is 366 g/mol. The fraction of sp³-hybridized carbons (Fsp3) is 0.545. The minimum Gasteiger partial charge on any atom is -0.343 e. The van der Waals surface area contributed by atoms with Crippen molar-refractivity contribution in [3.05, 3.63) is 53.3 Å². The van der Waals surface area contributed by atoms with Crippen LogP contribution in [0, 0.1) is 0 Å². The first-order valence-electron chi connectivity index (χ1n) is 10.4. The van der Waals surface area contributed by atoms with Crippen LogP contribution < -0.4 is 0 Å². The van der Waals surface area contributed by atoms with Gasteiger partial charge in [0, 0.05) is 52.1 Å². The van der Waals surface area contributed by atoms with Crippen molar-refractivity contribution in [3.63, 3.8) is 0 Å². The van der Waals surface area contributed by atoms with E-state index in [1.165, 1.54) is 11.3 Å². The van der Waals surface area contributed by atoms with Gasteiger partial charge in [-0.05, 0) is 37.3 Å². The predicted octanol–water partition coefficient (Wildman–Crippen LogP) is 2.89. The number of amides is 1. The summed E-state index contributed by atoms with van der Waals surface area (Å²) in [7, 11) is 0. The van der Waals surface area contributed by atoms with Gasteiger partial charge in [0.05, 0.1) is 11.4 Å². The number of carbonyl (C=O) groups excluding carboxylic acids is 1. The Morgan fingerprint density at radius 1 is 0.963 bits per heavy atom. The first-order valence-corrected chi connectivity index (χ1v) is 10.4. The van der Waals surface area contributed by atoms with E-state index in [-0.39, 0.29) is 0 Å². The lowest BCUT2D eigenvalue weighted by molar-refractivity contribution is -0.130. The molecule has 0 saturated carbocycles. The highest BCUT2D eigenvalue weighted by molar-refractivity contribution is 5.76. The van der Waals surface area contributed by atoms with Crippen LogP contribution in [-0.2, 0) is 30.7 Å². The summed E-state index contributed by atoms with van der Waals surface area (Å²) >= 11 is 0. The molecule has 0 atom stereocenters. The minimum atomic E-state index is 0.292. The Hall–Kier alpha value is -2.14. The van der Waals surface area contributed by atoms with Crippen LogP contribution in [0.25, 0.3) is 0 Å². The molecule has 1 aromatic carbocycles. The summed E-state index contributed by atoms with van der Waals surface area (Å²) in [5.74, 6) is 0.292. The van der Waals surface area contributed by atoms with Crippen LogP contribution in [0.2, 0.25) is 0 Å². The average molecular weight is 367 g/mol. The SMILES string of the molecule is O=C(CCc1cc2n(n1)CCCN(CCc1ccccc1)C2)N1CCCC1. The molecule has 1 aromatic heterocycles. The molecule has 2 aliphatic heterocycles. The molecule has 0 unspecified atom stereocenters. The number of aromatic nitrogens is 2. The van der Waals surface area contributed by atoms with E-state index >= 15 is 0 Å². The Balaban J connectivity index is 1.31. The van der Waals surface area contributed by atoms with E-state index < -0.39 is 0 Å². The average Bonchev–Trinajstić information content (AvgIpc) is 3.32. The van der Waals surface area contributed by atoms with E-state index in [2.05, 4.69) is 46.0 Å². The van der Waals surface area contributed by atoms with Gasteiger partial charge in [0.2, 0.25) is 5.91 Å².